The number of hydrogen-bond donors (Lipinski definition) is 2. The molecular weight excluding hydrogens is 526 g/mol. The predicted molar refractivity (Wildman–Crippen MR) is 175 cm³/mol. The summed E-state index contributed by atoms with van der Waals surface area (Å²) in [6.45, 7) is 7.15. The Hall–Kier alpha value is -4.57. The van der Waals surface area contributed by atoms with Gasteiger partial charge in [-0.15, -0.1) is 0 Å². The van der Waals surface area contributed by atoms with E-state index in [4.69, 9.17) is 15.5 Å². The Morgan fingerprint density at radius 2 is 2.02 bits per heavy atom. The number of nitrogen functional groups attached to an aromatic ring is 1. The summed E-state index contributed by atoms with van der Waals surface area (Å²) in [4.78, 5) is 18.5. The lowest BCUT2D eigenvalue weighted by Crippen LogP contribution is -2.29. The number of benzene rings is 2. The van der Waals surface area contributed by atoms with Crippen LogP contribution in [-0.2, 0) is 20.0 Å². The van der Waals surface area contributed by atoms with Crippen LogP contribution < -0.4 is 20.7 Å². The van der Waals surface area contributed by atoms with E-state index in [9.17, 15) is 0 Å². The third-order valence-corrected chi connectivity index (χ3v) is 7.78. The van der Waals surface area contributed by atoms with E-state index in [1.54, 1.807) is 20.4 Å². The number of guanidine groups is 1. The minimum Gasteiger partial charge on any atom is -0.494 e. The Morgan fingerprint density at radius 1 is 1.21 bits per heavy atom. The molecule has 0 spiro atoms. The number of ether oxygens (including phenoxy) is 1. The number of likely N-dealkylation sites (N-methyl/N-ethyl adjacent to an activating group) is 2. The molecular formula is C32H41N9O. The minimum atomic E-state index is 0.402. The number of nitrogens with zero attached hydrogens (tertiary/aromatic N) is 7. The normalized spacial score (nSPS) is 13.6. The van der Waals surface area contributed by atoms with Crippen LogP contribution in [0.3, 0.4) is 0 Å². The number of nitrogens with two attached hydrogens (primary N) is 1. The van der Waals surface area contributed by atoms with Crippen molar-refractivity contribution < 1.29 is 4.74 Å². The van der Waals surface area contributed by atoms with Crippen molar-refractivity contribution in [2.75, 3.05) is 64.3 Å². The summed E-state index contributed by atoms with van der Waals surface area (Å²) >= 11 is 0. The first-order chi connectivity index (χ1) is 20.2. The smallest absolute Gasteiger partial charge is 0.222 e. The molecule has 0 amide bonds. The number of rotatable bonds is 9. The number of hydrogen-bond acceptors (Lipinski definition) is 6. The topological polar surface area (TPSA) is 101 Å². The summed E-state index contributed by atoms with van der Waals surface area (Å²) < 4.78 is 10.1. The van der Waals surface area contributed by atoms with Gasteiger partial charge in [0, 0.05) is 82.0 Å². The van der Waals surface area contributed by atoms with Gasteiger partial charge in [-0.25, -0.2) is 9.98 Å². The quantitative estimate of drug-likeness (QED) is 0.175. The van der Waals surface area contributed by atoms with Gasteiger partial charge < -0.3 is 34.7 Å². The number of nitrogens with one attached hydrogen (secondary N) is 1. The molecule has 4 aromatic rings. The largest absolute Gasteiger partial charge is 0.494 e. The lowest BCUT2D eigenvalue weighted by molar-refractivity contribution is 0.413. The van der Waals surface area contributed by atoms with Crippen LogP contribution in [0.4, 0.5) is 17.1 Å². The van der Waals surface area contributed by atoms with E-state index < -0.39 is 0 Å². The van der Waals surface area contributed by atoms with Crippen molar-refractivity contribution in [3.63, 3.8) is 0 Å². The van der Waals surface area contributed by atoms with Crippen LogP contribution in [0.1, 0.15) is 23.4 Å². The Kier molecular flexibility index (Phi) is 8.35. The van der Waals surface area contributed by atoms with Crippen LogP contribution >= 0.6 is 0 Å². The van der Waals surface area contributed by atoms with Gasteiger partial charge in [0.05, 0.1) is 35.4 Å². The summed E-state index contributed by atoms with van der Waals surface area (Å²) in [5, 5.41) is 4.51. The van der Waals surface area contributed by atoms with Gasteiger partial charge in [-0.1, -0.05) is 24.8 Å². The van der Waals surface area contributed by atoms with Gasteiger partial charge in [-0.05, 0) is 38.6 Å². The minimum absolute atomic E-state index is 0.402. The highest BCUT2D eigenvalue weighted by molar-refractivity contribution is 6.36. The summed E-state index contributed by atoms with van der Waals surface area (Å²) in [5.74, 6) is 1.78. The zero-order valence-electron chi connectivity index (χ0n) is 25.5. The van der Waals surface area contributed by atoms with Crippen molar-refractivity contribution in [2.45, 2.75) is 19.4 Å². The summed E-state index contributed by atoms with van der Waals surface area (Å²) in [5.41, 5.74) is 13.8. The van der Waals surface area contributed by atoms with Crippen molar-refractivity contribution in [1.29, 1.82) is 0 Å². The molecule has 0 atom stereocenters. The van der Waals surface area contributed by atoms with Gasteiger partial charge in [0.2, 0.25) is 5.96 Å². The van der Waals surface area contributed by atoms with E-state index >= 15 is 0 Å². The first-order valence-electron chi connectivity index (χ1n) is 14.2. The van der Waals surface area contributed by atoms with Crippen molar-refractivity contribution >= 4 is 45.2 Å². The molecule has 0 aliphatic carbocycles. The molecule has 1 aliphatic heterocycles. The number of para-hydroxylation sites is 1. The highest BCUT2D eigenvalue weighted by Crippen LogP contribution is 2.36. The van der Waals surface area contributed by atoms with Crippen molar-refractivity contribution in [3.8, 4) is 5.75 Å². The molecule has 2 aromatic heterocycles. The predicted octanol–water partition coefficient (Wildman–Crippen LogP) is 4.51. The molecule has 42 heavy (non-hydrogen) atoms. The average molecular weight is 568 g/mol. The number of methoxy groups -OCH3 is 1. The van der Waals surface area contributed by atoms with E-state index in [-0.39, 0.29) is 0 Å². The Morgan fingerprint density at radius 3 is 2.71 bits per heavy atom. The third-order valence-electron chi connectivity index (χ3n) is 7.78. The number of aryl methyl sites for hydroxylation is 3. The van der Waals surface area contributed by atoms with Gasteiger partial charge in [0.25, 0.3) is 0 Å². The lowest BCUT2D eigenvalue weighted by atomic mass is 9.99. The molecule has 220 valence electrons. The molecule has 5 rings (SSSR count). The molecule has 10 heteroatoms. The summed E-state index contributed by atoms with van der Waals surface area (Å²) in [7, 11) is 11.4. The number of anilines is 3. The number of allylic oxidation sites excluding steroid dienone is 1. The van der Waals surface area contributed by atoms with E-state index in [1.165, 1.54) is 11.1 Å². The van der Waals surface area contributed by atoms with E-state index in [2.05, 4.69) is 74.7 Å². The Labute approximate surface area is 247 Å². The van der Waals surface area contributed by atoms with Crippen molar-refractivity contribution in [1.82, 2.24) is 19.0 Å². The fourth-order valence-corrected chi connectivity index (χ4v) is 5.51. The zero-order chi connectivity index (χ0) is 30.0. The molecule has 0 saturated carbocycles. The van der Waals surface area contributed by atoms with E-state index in [0.717, 1.165) is 54.9 Å². The first kappa shape index (κ1) is 28.9. The summed E-state index contributed by atoms with van der Waals surface area (Å²) in [6, 6.07) is 10.3. The zero-order valence-corrected chi connectivity index (χ0v) is 25.5. The molecule has 10 nitrogen and oxygen atoms in total. The summed E-state index contributed by atoms with van der Waals surface area (Å²) in [6.07, 6.45) is 8.04. The number of aliphatic imine (C=N–C) groups is 2. The fourth-order valence-electron chi connectivity index (χ4n) is 5.51. The molecule has 3 N–H and O–H groups in total. The van der Waals surface area contributed by atoms with Crippen LogP contribution in [0.5, 0.6) is 5.75 Å². The maximum absolute atomic E-state index is 6.54. The second-order valence-corrected chi connectivity index (χ2v) is 11.0. The van der Waals surface area contributed by atoms with Crippen LogP contribution in [0.15, 0.2) is 65.5 Å². The van der Waals surface area contributed by atoms with Gasteiger partial charge in [0.15, 0.2) is 0 Å². The van der Waals surface area contributed by atoms with Gasteiger partial charge in [-0.2, -0.15) is 0 Å². The van der Waals surface area contributed by atoms with E-state index in [1.807, 2.05) is 37.0 Å². The third kappa shape index (κ3) is 5.62. The van der Waals surface area contributed by atoms with Crippen molar-refractivity contribution in [2.24, 2.45) is 17.0 Å². The molecule has 0 saturated heterocycles. The fraction of sp³-hybridized carbons (Fsp3) is 0.344. The van der Waals surface area contributed by atoms with Gasteiger partial charge >= 0.3 is 0 Å². The molecule has 1 aliphatic rings. The van der Waals surface area contributed by atoms with E-state index in [0.29, 0.717) is 34.4 Å². The number of aromatic nitrogens is 3. The Bertz CT molecular complexity index is 1670. The average Bonchev–Trinajstić information content (AvgIpc) is 3.58. The van der Waals surface area contributed by atoms with Crippen LogP contribution in [0, 0.1) is 0 Å². The maximum atomic E-state index is 6.54. The second kappa shape index (κ2) is 12.1. The lowest BCUT2D eigenvalue weighted by Gasteiger charge is -2.24. The Balaban J connectivity index is 1.56. The SMILES string of the molecule is C=C(C(=NC(=NC)Nc1cc(N)c(N(C)CCN(C)C)cc1OC)c1cn2c3c(cccc13)CCC2)c1nccn1C. The highest BCUT2D eigenvalue weighted by atomic mass is 16.5. The molecule has 2 aromatic carbocycles. The number of imidazole rings is 1. The van der Waals surface area contributed by atoms with Crippen LogP contribution in [0.2, 0.25) is 0 Å². The molecule has 0 bridgehead atoms. The van der Waals surface area contributed by atoms with Gasteiger partial charge in [-0.3, -0.25) is 4.99 Å². The second-order valence-electron chi connectivity index (χ2n) is 11.0. The molecule has 3 heterocycles. The standard InChI is InChI=1S/C32H41N9O/c1-21(31-35-13-15-40(31)6)29(24-20-41-14-9-11-22-10-8-12-23(24)30(22)41)37-32(34-2)36-26-18-25(33)27(19-28(26)42-7)39(5)17-16-38(3)4/h8,10,12-13,15,18-20H,1,9,11,14,16-17,33H2,2-7H3,(H,34,36). The maximum Gasteiger partial charge on any atom is 0.222 e. The molecule has 0 fully saturated rings. The van der Waals surface area contributed by atoms with Gasteiger partial charge in [0.1, 0.15) is 11.6 Å². The molecule has 0 unspecified atom stereocenters. The first-order valence-corrected chi connectivity index (χ1v) is 14.2. The highest BCUT2D eigenvalue weighted by Gasteiger charge is 2.23. The van der Waals surface area contributed by atoms with Crippen molar-refractivity contribution in [3.05, 3.63) is 72.5 Å². The van der Waals surface area contributed by atoms with Crippen LogP contribution in [0.25, 0.3) is 16.5 Å². The molecule has 0 radical (unpaired) electrons. The van der Waals surface area contributed by atoms with Crippen LogP contribution in [-0.4, -0.2) is 79.1 Å². The monoisotopic (exact) mass is 567 g/mol.